The van der Waals surface area contributed by atoms with Crippen LogP contribution in [0.3, 0.4) is 0 Å². The fourth-order valence-corrected chi connectivity index (χ4v) is 3.20. The predicted octanol–water partition coefficient (Wildman–Crippen LogP) is 2.63. The molecule has 0 saturated carbocycles. The third-order valence-corrected chi connectivity index (χ3v) is 4.34. The first-order chi connectivity index (χ1) is 10.7. The Kier molecular flexibility index (Phi) is 6.06. The van der Waals surface area contributed by atoms with Crippen LogP contribution in [0.4, 0.5) is 0 Å². The summed E-state index contributed by atoms with van der Waals surface area (Å²) < 4.78 is 15.5. The van der Waals surface area contributed by atoms with Crippen LogP contribution in [0.25, 0.3) is 0 Å². The van der Waals surface area contributed by atoms with Crippen LogP contribution in [0, 0.1) is 0 Å². The Morgan fingerprint density at radius 3 is 2.50 bits per heavy atom. The van der Waals surface area contributed by atoms with Gasteiger partial charge in [0.15, 0.2) is 5.16 Å². The van der Waals surface area contributed by atoms with Gasteiger partial charge in [-0.1, -0.05) is 17.8 Å². The van der Waals surface area contributed by atoms with Crippen LogP contribution in [0.15, 0.2) is 22.9 Å². The van der Waals surface area contributed by atoms with Crippen molar-refractivity contribution in [3.05, 3.63) is 17.7 Å². The van der Waals surface area contributed by atoms with E-state index in [4.69, 9.17) is 14.2 Å². The summed E-state index contributed by atoms with van der Waals surface area (Å²) in [6, 6.07) is 1.60. The standard InChI is InChI=1S/C15H20N2O4S/c1-4-21-14(18)13(10-7-5-6-8-10)22-15-16-11(19-2)9-12(17-15)20-3/h7,9,13H,4-6,8H2,1-3H3. The molecule has 0 bridgehead atoms. The van der Waals surface area contributed by atoms with Crippen molar-refractivity contribution in [1.82, 2.24) is 9.97 Å². The molecule has 1 aromatic heterocycles. The molecule has 1 unspecified atom stereocenters. The molecule has 120 valence electrons. The molecule has 1 heterocycles. The lowest BCUT2D eigenvalue weighted by atomic mass is 10.1. The summed E-state index contributed by atoms with van der Waals surface area (Å²) in [5, 5.41) is 0.0151. The molecule has 0 fully saturated rings. The molecule has 0 radical (unpaired) electrons. The lowest BCUT2D eigenvalue weighted by molar-refractivity contribution is -0.141. The molecular weight excluding hydrogens is 304 g/mol. The molecular formula is C15H20N2O4S. The quantitative estimate of drug-likeness (QED) is 0.330. The van der Waals surface area contributed by atoms with Gasteiger partial charge in [0.05, 0.1) is 26.9 Å². The fraction of sp³-hybridized carbons (Fsp3) is 0.533. The molecule has 1 atom stereocenters. The molecule has 0 saturated heterocycles. The summed E-state index contributed by atoms with van der Waals surface area (Å²) in [5.41, 5.74) is 1.08. The third-order valence-electron chi connectivity index (χ3n) is 3.21. The van der Waals surface area contributed by atoms with Crippen LogP contribution in [-0.4, -0.2) is 42.0 Å². The molecule has 6 nitrogen and oxygen atoms in total. The van der Waals surface area contributed by atoms with Gasteiger partial charge >= 0.3 is 5.97 Å². The Morgan fingerprint density at radius 1 is 1.32 bits per heavy atom. The molecule has 1 aromatic rings. The predicted molar refractivity (Wildman–Crippen MR) is 83.3 cm³/mol. The molecule has 0 aliphatic heterocycles. The lowest BCUT2D eigenvalue weighted by Crippen LogP contribution is -2.22. The van der Waals surface area contributed by atoms with Gasteiger partial charge in [0, 0.05) is 0 Å². The largest absolute Gasteiger partial charge is 0.481 e. The van der Waals surface area contributed by atoms with E-state index >= 15 is 0 Å². The Labute approximate surface area is 134 Å². The topological polar surface area (TPSA) is 70.5 Å². The van der Waals surface area contributed by atoms with Crippen LogP contribution in [-0.2, 0) is 9.53 Å². The number of allylic oxidation sites excluding steroid dienone is 1. The maximum absolute atomic E-state index is 12.2. The molecule has 7 heteroatoms. The van der Waals surface area contributed by atoms with E-state index in [0.29, 0.717) is 23.5 Å². The number of hydrogen-bond donors (Lipinski definition) is 0. The minimum atomic E-state index is -0.417. The first-order valence-electron chi connectivity index (χ1n) is 7.17. The smallest absolute Gasteiger partial charge is 0.323 e. The van der Waals surface area contributed by atoms with Gasteiger partial charge in [-0.3, -0.25) is 4.79 Å². The summed E-state index contributed by atoms with van der Waals surface area (Å²) in [7, 11) is 3.05. The molecule has 0 N–H and O–H groups in total. The Morgan fingerprint density at radius 2 is 2.00 bits per heavy atom. The van der Waals surface area contributed by atoms with Gasteiger partial charge in [-0.15, -0.1) is 0 Å². The van der Waals surface area contributed by atoms with Crippen molar-refractivity contribution >= 4 is 17.7 Å². The van der Waals surface area contributed by atoms with Crippen molar-refractivity contribution in [2.75, 3.05) is 20.8 Å². The molecule has 1 aliphatic carbocycles. The van der Waals surface area contributed by atoms with Crippen LogP contribution >= 0.6 is 11.8 Å². The summed E-state index contributed by atoms with van der Waals surface area (Å²) in [5.74, 6) is 0.542. The van der Waals surface area contributed by atoms with Crippen molar-refractivity contribution in [2.24, 2.45) is 0 Å². The Bertz CT molecular complexity index is 540. The number of nitrogens with zero attached hydrogens (tertiary/aromatic N) is 2. The van der Waals surface area contributed by atoms with E-state index in [-0.39, 0.29) is 5.97 Å². The van der Waals surface area contributed by atoms with Gasteiger partial charge in [0.1, 0.15) is 5.25 Å². The second kappa shape index (κ2) is 8.03. The first-order valence-corrected chi connectivity index (χ1v) is 8.05. The highest BCUT2D eigenvalue weighted by molar-refractivity contribution is 8.00. The number of rotatable bonds is 7. The SMILES string of the molecule is CCOC(=O)C(Sc1nc(OC)cc(OC)n1)C1=CCCC1. The van der Waals surface area contributed by atoms with E-state index in [1.807, 2.05) is 0 Å². The van der Waals surface area contributed by atoms with Gasteiger partial charge in [-0.25, -0.2) is 0 Å². The summed E-state index contributed by atoms with van der Waals surface area (Å²) in [6.45, 7) is 2.15. The van der Waals surface area contributed by atoms with Crippen LogP contribution < -0.4 is 9.47 Å². The summed E-state index contributed by atoms with van der Waals surface area (Å²) >= 11 is 1.27. The van der Waals surface area contributed by atoms with Crippen LogP contribution in [0.5, 0.6) is 11.8 Å². The maximum atomic E-state index is 12.2. The number of hydrogen-bond acceptors (Lipinski definition) is 7. The number of ether oxygens (including phenoxy) is 3. The highest BCUT2D eigenvalue weighted by atomic mass is 32.2. The third kappa shape index (κ3) is 4.13. The van der Waals surface area contributed by atoms with Gasteiger partial charge in [-0.2, -0.15) is 9.97 Å². The summed E-state index contributed by atoms with van der Waals surface area (Å²) in [6.07, 6.45) is 5.06. The Hall–Kier alpha value is -1.76. The van der Waals surface area contributed by atoms with Crippen molar-refractivity contribution in [3.63, 3.8) is 0 Å². The van der Waals surface area contributed by atoms with Crippen molar-refractivity contribution < 1.29 is 19.0 Å². The number of carbonyl (C=O) groups is 1. The molecule has 0 aromatic carbocycles. The second-order valence-corrected chi connectivity index (χ2v) is 5.73. The van der Waals surface area contributed by atoms with Gasteiger partial charge in [0.25, 0.3) is 0 Å². The Balaban J connectivity index is 2.24. The molecule has 1 aliphatic rings. The maximum Gasteiger partial charge on any atom is 0.323 e. The monoisotopic (exact) mass is 324 g/mol. The highest BCUT2D eigenvalue weighted by Gasteiger charge is 2.28. The zero-order chi connectivity index (χ0) is 15.9. The minimum absolute atomic E-state index is 0.258. The van der Waals surface area contributed by atoms with Gasteiger partial charge < -0.3 is 14.2 Å². The van der Waals surface area contributed by atoms with E-state index < -0.39 is 5.25 Å². The second-order valence-electron chi connectivity index (χ2n) is 4.66. The first kappa shape index (κ1) is 16.6. The van der Waals surface area contributed by atoms with Crippen molar-refractivity contribution in [3.8, 4) is 11.8 Å². The number of carbonyl (C=O) groups excluding carboxylic acids is 1. The molecule has 0 spiro atoms. The van der Waals surface area contributed by atoms with Crippen molar-refractivity contribution in [1.29, 1.82) is 0 Å². The summed E-state index contributed by atoms with van der Waals surface area (Å²) in [4.78, 5) is 20.8. The number of aromatic nitrogens is 2. The normalized spacial score (nSPS) is 15.1. The number of thioether (sulfide) groups is 1. The average molecular weight is 324 g/mol. The van der Waals surface area contributed by atoms with Crippen LogP contribution in [0.1, 0.15) is 26.2 Å². The lowest BCUT2D eigenvalue weighted by Gasteiger charge is -2.16. The molecule has 22 heavy (non-hydrogen) atoms. The van der Waals surface area contributed by atoms with Gasteiger partial charge in [0.2, 0.25) is 11.8 Å². The van der Waals surface area contributed by atoms with E-state index in [9.17, 15) is 4.79 Å². The zero-order valence-electron chi connectivity index (χ0n) is 13.0. The van der Waals surface area contributed by atoms with Gasteiger partial charge in [-0.05, 0) is 31.8 Å². The van der Waals surface area contributed by atoms with E-state index in [2.05, 4.69) is 16.0 Å². The number of methoxy groups -OCH3 is 2. The minimum Gasteiger partial charge on any atom is -0.481 e. The van der Waals surface area contributed by atoms with E-state index in [1.165, 1.54) is 26.0 Å². The van der Waals surface area contributed by atoms with E-state index in [0.717, 1.165) is 24.8 Å². The van der Waals surface area contributed by atoms with E-state index in [1.54, 1.807) is 13.0 Å². The highest BCUT2D eigenvalue weighted by Crippen LogP contribution is 2.34. The average Bonchev–Trinajstić information content (AvgIpc) is 3.06. The molecule has 2 rings (SSSR count). The number of esters is 1. The zero-order valence-corrected chi connectivity index (χ0v) is 13.8. The van der Waals surface area contributed by atoms with Crippen LogP contribution in [0.2, 0.25) is 0 Å². The fourth-order valence-electron chi connectivity index (χ4n) is 2.18. The van der Waals surface area contributed by atoms with Crippen molar-refractivity contribution in [2.45, 2.75) is 36.6 Å². The molecule has 0 amide bonds.